The maximum atomic E-state index is 11.6. The van der Waals surface area contributed by atoms with Crippen molar-refractivity contribution in [3.8, 4) is 0 Å². The third kappa shape index (κ3) is 6.73. The first-order valence-electron chi connectivity index (χ1n) is 6.18. The van der Waals surface area contributed by atoms with Crippen LogP contribution in [0.1, 0.15) is 32.5 Å². The molecule has 3 N–H and O–H groups in total. The van der Waals surface area contributed by atoms with Crippen molar-refractivity contribution in [3.63, 3.8) is 0 Å². The first kappa shape index (κ1) is 15.1. The summed E-state index contributed by atoms with van der Waals surface area (Å²) < 4.78 is 25.8. The van der Waals surface area contributed by atoms with E-state index in [9.17, 15) is 8.42 Å². The lowest BCUT2D eigenvalue weighted by molar-refractivity contribution is 0.554. The SMILES string of the molecule is CC(C)NCCCCS(=O)(=O)NCc1ncc[nH]1. The molecule has 1 aromatic heterocycles. The number of aromatic amines is 1. The van der Waals surface area contributed by atoms with Gasteiger partial charge in [0.25, 0.3) is 0 Å². The molecule has 1 aromatic rings. The van der Waals surface area contributed by atoms with Gasteiger partial charge in [0.1, 0.15) is 5.82 Å². The van der Waals surface area contributed by atoms with Crippen LogP contribution in [0.2, 0.25) is 0 Å². The number of imidazole rings is 1. The molecule has 0 aliphatic carbocycles. The molecule has 0 radical (unpaired) electrons. The summed E-state index contributed by atoms with van der Waals surface area (Å²) in [5.74, 6) is 0.785. The molecule has 0 amide bonds. The molecule has 0 unspecified atom stereocenters. The highest BCUT2D eigenvalue weighted by Crippen LogP contribution is 1.96. The van der Waals surface area contributed by atoms with Crippen molar-refractivity contribution in [2.45, 2.75) is 39.3 Å². The molecule has 0 bridgehead atoms. The number of unbranched alkanes of at least 4 members (excludes halogenated alkanes) is 1. The Morgan fingerprint density at radius 2 is 2.17 bits per heavy atom. The van der Waals surface area contributed by atoms with Crippen LogP contribution in [-0.4, -0.2) is 36.7 Å². The standard InChI is InChI=1S/C11H22N4O2S/c1-10(2)12-5-3-4-8-18(16,17)15-9-11-13-6-7-14-11/h6-7,10,12,15H,3-5,8-9H2,1-2H3,(H,13,14). The third-order valence-electron chi connectivity index (χ3n) is 2.41. The molecule has 6 nitrogen and oxygen atoms in total. The molecule has 1 rings (SSSR count). The fourth-order valence-electron chi connectivity index (χ4n) is 1.45. The van der Waals surface area contributed by atoms with E-state index in [4.69, 9.17) is 0 Å². The summed E-state index contributed by atoms with van der Waals surface area (Å²) >= 11 is 0. The molecule has 0 aliphatic rings. The number of nitrogens with one attached hydrogen (secondary N) is 3. The van der Waals surface area contributed by atoms with E-state index in [1.54, 1.807) is 12.4 Å². The molecule has 1 heterocycles. The summed E-state index contributed by atoms with van der Waals surface area (Å²) in [5.41, 5.74) is 0. The van der Waals surface area contributed by atoms with E-state index in [1.807, 2.05) is 0 Å². The second kappa shape index (κ2) is 7.50. The van der Waals surface area contributed by atoms with Crippen LogP contribution >= 0.6 is 0 Å². The van der Waals surface area contributed by atoms with Gasteiger partial charge in [0.05, 0.1) is 12.3 Å². The van der Waals surface area contributed by atoms with E-state index in [0.717, 1.165) is 13.0 Å². The van der Waals surface area contributed by atoms with E-state index in [1.165, 1.54) is 0 Å². The zero-order valence-corrected chi connectivity index (χ0v) is 11.8. The number of aromatic nitrogens is 2. The highest BCUT2D eigenvalue weighted by Gasteiger charge is 2.09. The lowest BCUT2D eigenvalue weighted by Gasteiger charge is -2.08. The third-order valence-corrected chi connectivity index (χ3v) is 3.82. The van der Waals surface area contributed by atoms with Crippen LogP contribution in [0.4, 0.5) is 0 Å². The first-order valence-corrected chi connectivity index (χ1v) is 7.84. The molecule has 0 aromatic carbocycles. The van der Waals surface area contributed by atoms with Gasteiger partial charge in [-0.2, -0.15) is 0 Å². The van der Waals surface area contributed by atoms with Gasteiger partial charge in [-0.1, -0.05) is 13.8 Å². The quantitative estimate of drug-likeness (QED) is 0.576. The maximum Gasteiger partial charge on any atom is 0.212 e. The highest BCUT2D eigenvalue weighted by atomic mass is 32.2. The van der Waals surface area contributed by atoms with Crippen LogP contribution in [0.25, 0.3) is 0 Å². The van der Waals surface area contributed by atoms with Crippen LogP contribution in [0.3, 0.4) is 0 Å². The van der Waals surface area contributed by atoms with Gasteiger partial charge in [-0.15, -0.1) is 0 Å². The van der Waals surface area contributed by atoms with Gasteiger partial charge in [-0.25, -0.2) is 18.1 Å². The Kier molecular flexibility index (Phi) is 6.31. The Bertz CT molecular complexity index is 414. The van der Waals surface area contributed by atoms with Crippen molar-refractivity contribution in [3.05, 3.63) is 18.2 Å². The van der Waals surface area contributed by atoms with E-state index < -0.39 is 10.0 Å². The summed E-state index contributed by atoms with van der Waals surface area (Å²) in [5, 5.41) is 3.26. The number of nitrogens with zero attached hydrogens (tertiary/aromatic N) is 1. The van der Waals surface area contributed by atoms with Crippen LogP contribution in [0.15, 0.2) is 12.4 Å². The topological polar surface area (TPSA) is 86.9 Å². The van der Waals surface area contributed by atoms with E-state index >= 15 is 0 Å². The van der Waals surface area contributed by atoms with E-state index in [2.05, 4.69) is 33.9 Å². The van der Waals surface area contributed by atoms with E-state index in [0.29, 0.717) is 18.3 Å². The van der Waals surface area contributed by atoms with Gasteiger partial charge >= 0.3 is 0 Å². The summed E-state index contributed by atoms with van der Waals surface area (Å²) in [6, 6.07) is 0.443. The largest absolute Gasteiger partial charge is 0.347 e. The predicted octanol–water partition coefficient (Wildman–Crippen LogP) is 0.607. The second-order valence-electron chi connectivity index (χ2n) is 4.49. The summed E-state index contributed by atoms with van der Waals surface area (Å²) in [6.07, 6.45) is 4.79. The minimum absolute atomic E-state index is 0.160. The Balaban J connectivity index is 2.15. The number of hydrogen-bond donors (Lipinski definition) is 3. The summed E-state index contributed by atoms with van der Waals surface area (Å²) in [6.45, 7) is 5.22. The van der Waals surface area contributed by atoms with Crippen LogP contribution in [0, 0.1) is 0 Å². The molecule has 0 fully saturated rings. The molecule has 104 valence electrons. The smallest absolute Gasteiger partial charge is 0.212 e. The molecule has 7 heteroatoms. The Hall–Kier alpha value is -0.920. The molecule has 0 spiro atoms. The molecule has 0 saturated heterocycles. The van der Waals surface area contributed by atoms with Crippen molar-refractivity contribution in [1.29, 1.82) is 0 Å². The predicted molar refractivity (Wildman–Crippen MR) is 71.6 cm³/mol. The number of hydrogen-bond acceptors (Lipinski definition) is 4. The Morgan fingerprint density at radius 3 is 2.78 bits per heavy atom. The van der Waals surface area contributed by atoms with Crippen molar-refractivity contribution >= 4 is 10.0 Å². The van der Waals surface area contributed by atoms with Crippen molar-refractivity contribution < 1.29 is 8.42 Å². The van der Waals surface area contributed by atoms with Gasteiger partial charge in [-0.05, 0) is 19.4 Å². The molecular weight excluding hydrogens is 252 g/mol. The lowest BCUT2D eigenvalue weighted by atomic mass is 10.3. The fourth-order valence-corrected chi connectivity index (χ4v) is 2.54. The minimum atomic E-state index is -3.20. The van der Waals surface area contributed by atoms with Gasteiger partial charge in [0.15, 0.2) is 0 Å². The van der Waals surface area contributed by atoms with Crippen molar-refractivity contribution in [2.24, 2.45) is 0 Å². The zero-order chi connectivity index (χ0) is 13.4. The average Bonchev–Trinajstić information content (AvgIpc) is 2.78. The number of sulfonamides is 1. The van der Waals surface area contributed by atoms with Gasteiger partial charge in [0.2, 0.25) is 10.0 Å². The summed E-state index contributed by atoms with van der Waals surface area (Å²) in [7, 11) is -3.20. The molecular formula is C11H22N4O2S. The zero-order valence-electron chi connectivity index (χ0n) is 10.9. The van der Waals surface area contributed by atoms with Crippen molar-refractivity contribution in [1.82, 2.24) is 20.0 Å². The average molecular weight is 274 g/mol. The maximum absolute atomic E-state index is 11.6. The molecule has 0 atom stereocenters. The molecule has 18 heavy (non-hydrogen) atoms. The Labute approximate surface area is 109 Å². The van der Waals surface area contributed by atoms with Crippen LogP contribution in [-0.2, 0) is 16.6 Å². The van der Waals surface area contributed by atoms with Crippen LogP contribution < -0.4 is 10.0 Å². The normalized spacial score (nSPS) is 12.2. The fraction of sp³-hybridized carbons (Fsp3) is 0.727. The van der Waals surface area contributed by atoms with Gasteiger partial charge < -0.3 is 10.3 Å². The van der Waals surface area contributed by atoms with E-state index in [-0.39, 0.29) is 12.3 Å². The van der Waals surface area contributed by atoms with Crippen LogP contribution in [0.5, 0.6) is 0 Å². The second-order valence-corrected chi connectivity index (χ2v) is 6.42. The minimum Gasteiger partial charge on any atom is -0.347 e. The molecule has 0 saturated carbocycles. The highest BCUT2D eigenvalue weighted by molar-refractivity contribution is 7.89. The lowest BCUT2D eigenvalue weighted by Crippen LogP contribution is -2.28. The number of rotatable bonds is 9. The van der Waals surface area contributed by atoms with Gasteiger partial charge in [-0.3, -0.25) is 0 Å². The van der Waals surface area contributed by atoms with Crippen molar-refractivity contribution in [2.75, 3.05) is 12.3 Å². The monoisotopic (exact) mass is 274 g/mol. The summed E-state index contributed by atoms with van der Waals surface area (Å²) in [4.78, 5) is 6.81. The number of H-pyrrole nitrogens is 1. The Morgan fingerprint density at radius 1 is 1.39 bits per heavy atom. The van der Waals surface area contributed by atoms with Gasteiger partial charge in [0, 0.05) is 18.4 Å². The first-order chi connectivity index (χ1) is 8.49. The molecule has 0 aliphatic heterocycles.